The second-order valence-corrected chi connectivity index (χ2v) is 9.41. The van der Waals surface area contributed by atoms with Crippen LogP contribution in [0.2, 0.25) is 5.02 Å². The first-order chi connectivity index (χ1) is 16.9. The fraction of sp³-hybridized carbons (Fsp3) is 0.480. The Balaban J connectivity index is 0.00000108. The zero-order valence-corrected chi connectivity index (χ0v) is 20.4. The SMILES string of the molecule is NCC1CCN(C(=O)CN2CCC[C@H](NNc3ccc4cc(Cl)ccc4c3)CC2=O)CC1.O=C=O. The number of piperidine rings is 1. The number of nitrogens with one attached hydrogen (secondary N) is 2. The topological polar surface area (TPSA) is 125 Å². The Kier molecular flexibility index (Phi) is 10.0. The monoisotopic (exact) mass is 501 g/mol. The smallest absolute Gasteiger partial charge is 0.341 e. The molecule has 4 N–H and O–H groups in total. The molecular weight excluding hydrogens is 470 g/mol. The molecule has 10 heteroatoms. The van der Waals surface area contributed by atoms with E-state index < -0.39 is 0 Å². The van der Waals surface area contributed by atoms with Gasteiger partial charge >= 0.3 is 6.15 Å². The van der Waals surface area contributed by atoms with Crippen molar-refractivity contribution in [2.75, 3.05) is 38.1 Å². The van der Waals surface area contributed by atoms with Gasteiger partial charge in [-0.15, -0.1) is 0 Å². The average Bonchev–Trinajstić information content (AvgIpc) is 3.04. The summed E-state index contributed by atoms with van der Waals surface area (Å²) < 4.78 is 0. The lowest BCUT2D eigenvalue weighted by Gasteiger charge is -2.33. The molecule has 2 aromatic rings. The Bertz CT molecular complexity index is 1050. The molecule has 4 rings (SSSR count). The lowest BCUT2D eigenvalue weighted by molar-refractivity contribution is -0.191. The van der Waals surface area contributed by atoms with Crippen molar-refractivity contribution in [2.24, 2.45) is 11.7 Å². The highest BCUT2D eigenvalue weighted by Crippen LogP contribution is 2.23. The molecule has 0 unspecified atom stereocenters. The lowest BCUT2D eigenvalue weighted by atomic mass is 9.97. The minimum absolute atomic E-state index is 0.0174. The van der Waals surface area contributed by atoms with Crippen LogP contribution in [0.1, 0.15) is 32.1 Å². The van der Waals surface area contributed by atoms with Gasteiger partial charge in [-0.05, 0) is 73.2 Å². The van der Waals surface area contributed by atoms with Gasteiger partial charge < -0.3 is 21.0 Å². The number of nitrogens with two attached hydrogens (primary N) is 1. The van der Waals surface area contributed by atoms with Gasteiger partial charge in [-0.1, -0.05) is 23.7 Å². The Labute approximate surface area is 209 Å². The molecular formula is C25H32ClN5O4. The second-order valence-electron chi connectivity index (χ2n) is 8.98. The summed E-state index contributed by atoms with van der Waals surface area (Å²) in [5.41, 5.74) is 13.2. The van der Waals surface area contributed by atoms with E-state index in [1.807, 2.05) is 35.2 Å². The Morgan fingerprint density at radius 1 is 1.06 bits per heavy atom. The number of hydrazine groups is 1. The van der Waals surface area contributed by atoms with Gasteiger partial charge in [0.1, 0.15) is 0 Å². The molecule has 2 aliphatic heterocycles. The maximum absolute atomic E-state index is 12.8. The highest BCUT2D eigenvalue weighted by Gasteiger charge is 2.28. The van der Waals surface area contributed by atoms with Gasteiger partial charge in [-0.3, -0.25) is 9.59 Å². The number of benzene rings is 2. The first-order valence-corrected chi connectivity index (χ1v) is 12.3. The molecule has 35 heavy (non-hydrogen) atoms. The molecule has 2 aliphatic rings. The van der Waals surface area contributed by atoms with Crippen molar-refractivity contribution in [1.82, 2.24) is 15.2 Å². The molecule has 2 saturated heterocycles. The van der Waals surface area contributed by atoms with E-state index in [1.165, 1.54) is 0 Å². The summed E-state index contributed by atoms with van der Waals surface area (Å²) in [5, 5.41) is 2.90. The number of carbonyl (C=O) groups is 2. The second kappa shape index (κ2) is 13.2. The van der Waals surface area contributed by atoms with Crippen molar-refractivity contribution < 1.29 is 19.2 Å². The molecule has 0 saturated carbocycles. The van der Waals surface area contributed by atoms with Crippen LogP contribution in [0.4, 0.5) is 5.69 Å². The average molecular weight is 502 g/mol. The minimum atomic E-state index is 0.0174. The fourth-order valence-electron chi connectivity index (χ4n) is 4.55. The summed E-state index contributed by atoms with van der Waals surface area (Å²) >= 11 is 6.06. The molecule has 1 atom stereocenters. The first-order valence-electron chi connectivity index (χ1n) is 11.9. The van der Waals surface area contributed by atoms with Crippen LogP contribution in [-0.2, 0) is 19.2 Å². The highest BCUT2D eigenvalue weighted by atomic mass is 35.5. The van der Waals surface area contributed by atoms with E-state index in [9.17, 15) is 9.59 Å². The van der Waals surface area contributed by atoms with Crippen LogP contribution in [0.5, 0.6) is 0 Å². The molecule has 2 amide bonds. The van der Waals surface area contributed by atoms with Crippen molar-refractivity contribution >= 4 is 46.0 Å². The zero-order valence-electron chi connectivity index (χ0n) is 19.7. The van der Waals surface area contributed by atoms with Gasteiger partial charge in [0.05, 0.1) is 6.54 Å². The molecule has 2 heterocycles. The van der Waals surface area contributed by atoms with E-state index in [-0.39, 0.29) is 30.6 Å². The van der Waals surface area contributed by atoms with E-state index in [0.717, 1.165) is 60.3 Å². The molecule has 0 spiro atoms. The summed E-state index contributed by atoms with van der Waals surface area (Å²) in [5.74, 6) is 0.591. The summed E-state index contributed by atoms with van der Waals surface area (Å²) in [6.45, 7) is 2.98. The van der Waals surface area contributed by atoms with Gasteiger partial charge in [0, 0.05) is 42.8 Å². The normalized spacial score (nSPS) is 18.9. The number of likely N-dealkylation sites (tertiary alicyclic amines) is 2. The number of fused-ring (bicyclic) bond motifs is 1. The van der Waals surface area contributed by atoms with E-state index in [2.05, 4.69) is 16.9 Å². The van der Waals surface area contributed by atoms with Crippen molar-refractivity contribution in [1.29, 1.82) is 0 Å². The van der Waals surface area contributed by atoms with Crippen LogP contribution < -0.4 is 16.6 Å². The number of amides is 2. The molecule has 188 valence electrons. The molecule has 9 nitrogen and oxygen atoms in total. The Morgan fingerprint density at radius 2 is 1.74 bits per heavy atom. The van der Waals surface area contributed by atoms with Gasteiger partial charge in [0.25, 0.3) is 0 Å². The summed E-state index contributed by atoms with van der Waals surface area (Å²) in [6, 6.07) is 11.9. The maximum atomic E-state index is 12.8. The van der Waals surface area contributed by atoms with Crippen LogP contribution in [0, 0.1) is 5.92 Å². The summed E-state index contributed by atoms with van der Waals surface area (Å²) in [4.78, 5) is 45.4. The number of hydrogen-bond donors (Lipinski definition) is 3. The molecule has 2 fully saturated rings. The maximum Gasteiger partial charge on any atom is 0.373 e. The number of nitrogens with zero attached hydrogens (tertiary/aromatic N) is 2. The highest BCUT2D eigenvalue weighted by molar-refractivity contribution is 6.31. The molecule has 2 aromatic carbocycles. The van der Waals surface area contributed by atoms with Crippen LogP contribution in [-0.4, -0.2) is 66.5 Å². The third kappa shape index (κ3) is 7.77. The van der Waals surface area contributed by atoms with Crippen LogP contribution in [0.25, 0.3) is 10.8 Å². The Morgan fingerprint density at radius 3 is 2.46 bits per heavy atom. The molecule has 0 aromatic heterocycles. The van der Waals surface area contributed by atoms with Gasteiger partial charge in [0.2, 0.25) is 11.8 Å². The third-order valence-electron chi connectivity index (χ3n) is 6.60. The predicted molar refractivity (Wildman–Crippen MR) is 133 cm³/mol. The first kappa shape index (κ1) is 26.6. The molecule has 0 aliphatic carbocycles. The fourth-order valence-corrected chi connectivity index (χ4v) is 4.73. The number of rotatable bonds is 6. The van der Waals surface area contributed by atoms with Crippen molar-refractivity contribution in [2.45, 2.75) is 38.1 Å². The van der Waals surface area contributed by atoms with Gasteiger partial charge in [0.15, 0.2) is 0 Å². The lowest BCUT2D eigenvalue weighted by Crippen LogP contribution is -2.46. The summed E-state index contributed by atoms with van der Waals surface area (Å²) in [6.07, 6.45) is 4.27. The standard InChI is InChI=1S/C24H32ClN5O2.CO2/c25-20-5-3-19-13-22(6-4-18(19)12-20)28-27-21-2-1-9-30(23(31)14-21)16-24(32)29-10-7-17(15-26)8-11-29;2-1-3/h3-6,12-13,17,21,27-28H,1-2,7-11,14-16,26H2;/t21-;/m0./s1. The zero-order chi connectivity index (χ0) is 25.2. The van der Waals surface area contributed by atoms with Gasteiger partial charge in [-0.2, -0.15) is 9.59 Å². The largest absolute Gasteiger partial charge is 0.373 e. The van der Waals surface area contributed by atoms with Crippen molar-refractivity contribution in [3.05, 3.63) is 41.4 Å². The van der Waals surface area contributed by atoms with Crippen LogP contribution in [0.3, 0.4) is 0 Å². The van der Waals surface area contributed by atoms with Crippen molar-refractivity contribution in [3.63, 3.8) is 0 Å². The number of halogens is 1. The Hall–Kier alpha value is -2.97. The van der Waals surface area contributed by atoms with E-state index >= 15 is 0 Å². The van der Waals surface area contributed by atoms with Crippen molar-refractivity contribution in [3.8, 4) is 0 Å². The molecule has 0 bridgehead atoms. The molecule has 0 radical (unpaired) electrons. The number of carbonyl (C=O) groups excluding carboxylic acids is 4. The summed E-state index contributed by atoms with van der Waals surface area (Å²) in [7, 11) is 0. The van der Waals surface area contributed by atoms with Crippen LogP contribution >= 0.6 is 11.6 Å². The third-order valence-corrected chi connectivity index (χ3v) is 6.84. The van der Waals surface area contributed by atoms with Gasteiger partial charge in [-0.25, -0.2) is 5.43 Å². The van der Waals surface area contributed by atoms with E-state index in [4.69, 9.17) is 26.9 Å². The van der Waals surface area contributed by atoms with E-state index in [1.54, 1.807) is 4.90 Å². The van der Waals surface area contributed by atoms with E-state index in [0.29, 0.717) is 25.4 Å². The minimum Gasteiger partial charge on any atom is -0.341 e. The predicted octanol–water partition coefficient (Wildman–Crippen LogP) is 2.40. The quantitative estimate of drug-likeness (QED) is 0.519. The number of hydrogen-bond acceptors (Lipinski definition) is 7. The number of anilines is 1. The van der Waals surface area contributed by atoms with Crippen LogP contribution in [0.15, 0.2) is 36.4 Å².